The van der Waals surface area contributed by atoms with E-state index in [4.69, 9.17) is 10.2 Å². The first-order valence-corrected chi connectivity index (χ1v) is 2.61. The smallest absolute Gasteiger partial charge is 0.331 e. The normalized spacial score (nSPS) is 11.1. The fraction of sp³-hybridized carbons (Fsp3) is 0.333. The van der Waals surface area contributed by atoms with Gasteiger partial charge < -0.3 is 10.2 Å². The van der Waals surface area contributed by atoms with E-state index in [0.29, 0.717) is 0 Å². The molecule has 0 aliphatic carbocycles. The summed E-state index contributed by atoms with van der Waals surface area (Å²) in [6, 6.07) is 0. The number of aliphatic carboxylic acids is 2. The van der Waals surface area contributed by atoms with Gasteiger partial charge in [0.2, 0.25) is 0 Å². The molecule has 0 rings (SSSR count). The van der Waals surface area contributed by atoms with Gasteiger partial charge in [0.1, 0.15) is 0 Å². The van der Waals surface area contributed by atoms with Crippen LogP contribution < -0.4 is 0 Å². The summed E-state index contributed by atoms with van der Waals surface area (Å²) in [6.45, 7) is 2.51. The van der Waals surface area contributed by atoms with Crippen molar-refractivity contribution in [3.8, 4) is 0 Å². The predicted octanol–water partition coefficient (Wildman–Crippen LogP) is 0.490. The molecule has 0 aliphatic heterocycles. The molecule has 2 N–H and O–H groups in total. The molecule has 0 bridgehead atoms. The van der Waals surface area contributed by atoms with Gasteiger partial charge in [-0.2, -0.15) is 0 Å². The summed E-state index contributed by atoms with van der Waals surface area (Å²) in [5, 5.41) is 16.6. The molecule has 0 saturated carbocycles. The topological polar surface area (TPSA) is 74.6 Å². The third kappa shape index (κ3) is 4.27. The van der Waals surface area contributed by atoms with Crippen molar-refractivity contribution in [2.75, 3.05) is 0 Å². The van der Waals surface area contributed by atoms with Gasteiger partial charge in [-0.05, 0) is 13.8 Å². The molecule has 1 radical (unpaired) electrons. The zero-order valence-electron chi connectivity index (χ0n) is 6.29. The van der Waals surface area contributed by atoms with Crippen LogP contribution in [0.4, 0.5) is 0 Å². The largest absolute Gasteiger partial charge is 0.478 e. The van der Waals surface area contributed by atoms with Crippen molar-refractivity contribution in [2.24, 2.45) is 0 Å². The van der Waals surface area contributed by atoms with Crippen molar-refractivity contribution < 1.29 is 52.5 Å². The van der Waals surface area contributed by atoms with Gasteiger partial charge in [0.15, 0.2) is 0 Å². The number of carboxylic acids is 2. The van der Waals surface area contributed by atoms with Crippen LogP contribution in [-0.2, 0) is 42.3 Å². The van der Waals surface area contributed by atoms with Crippen molar-refractivity contribution in [3.05, 3.63) is 11.1 Å². The summed E-state index contributed by atoms with van der Waals surface area (Å²) >= 11 is 0. The summed E-state index contributed by atoms with van der Waals surface area (Å²) in [4.78, 5) is 20.2. The molecule has 0 aromatic rings. The van der Waals surface area contributed by atoms with Gasteiger partial charge in [-0.1, -0.05) is 0 Å². The maximum absolute atomic E-state index is 10.1. The maximum atomic E-state index is 10.1. The minimum absolute atomic E-state index is 0. The Morgan fingerprint density at radius 3 is 1.18 bits per heavy atom. The van der Waals surface area contributed by atoms with Crippen molar-refractivity contribution in [1.82, 2.24) is 0 Å². The molecular weight excluding hydrogens is 225 g/mol. The summed E-state index contributed by atoms with van der Waals surface area (Å²) in [7, 11) is 0. The number of hydrogen-bond donors (Lipinski definition) is 2. The van der Waals surface area contributed by atoms with Crippen LogP contribution in [0, 0.1) is 0 Å². The average Bonchev–Trinajstić information content (AvgIpc) is 1.84. The monoisotopic (exact) mass is 233 g/mol. The van der Waals surface area contributed by atoms with Gasteiger partial charge in [0.05, 0.1) is 0 Å². The molecule has 0 heterocycles. The van der Waals surface area contributed by atoms with Crippen LogP contribution in [0.5, 0.6) is 0 Å². The quantitative estimate of drug-likeness (QED) is 0.680. The molecule has 0 spiro atoms. The SMILES string of the molecule is C/C(C(=O)O)=C(\C)C(=O)O.[Y]. The Kier molecular flexibility index (Phi) is 6.61. The molecule has 0 atom stereocenters. The van der Waals surface area contributed by atoms with Crippen LogP contribution in [0.1, 0.15) is 13.8 Å². The molecule has 0 unspecified atom stereocenters. The van der Waals surface area contributed by atoms with E-state index in [9.17, 15) is 9.59 Å². The first-order chi connectivity index (χ1) is 4.46. The van der Waals surface area contributed by atoms with Gasteiger partial charge in [-0.25, -0.2) is 9.59 Å². The van der Waals surface area contributed by atoms with E-state index in [1.54, 1.807) is 0 Å². The molecule has 0 saturated heterocycles. The summed E-state index contributed by atoms with van der Waals surface area (Å²) in [6.07, 6.45) is 0. The first kappa shape index (κ1) is 13.4. The zero-order chi connectivity index (χ0) is 8.31. The van der Waals surface area contributed by atoms with Crippen LogP contribution in [-0.4, -0.2) is 22.2 Å². The third-order valence-corrected chi connectivity index (χ3v) is 1.20. The standard InChI is InChI=1S/C6H8O4.Y/c1-3(5(7)8)4(2)6(9)10;/h1-2H3,(H,7,8)(H,9,10);/b4-3-;. The summed E-state index contributed by atoms with van der Waals surface area (Å²) < 4.78 is 0. The molecule has 0 amide bonds. The van der Waals surface area contributed by atoms with Crippen LogP contribution in [0.2, 0.25) is 0 Å². The molecule has 59 valence electrons. The number of hydrogen-bond acceptors (Lipinski definition) is 2. The minimum atomic E-state index is -1.19. The Morgan fingerprint density at radius 2 is 1.09 bits per heavy atom. The fourth-order valence-electron chi connectivity index (χ4n) is 0.321. The molecule has 0 aliphatic rings. The van der Waals surface area contributed by atoms with Crippen molar-refractivity contribution in [1.29, 1.82) is 0 Å². The Balaban J connectivity index is 0. The Labute approximate surface area is 89.2 Å². The van der Waals surface area contributed by atoms with Gasteiger partial charge in [-0.15, -0.1) is 0 Å². The second-order valence-electron chi connectivity index (χ2n) is 1.86. The van der Waals surface area contributed by atoms with Crippen LogP contribution in [0.25, 0.3) is 0 Å². The molecule has 5 heteroatoms. The van der Waals surface area contributed by atoms with E-state index in [1.165, 1.54) is 13.8 Å². The van der Waals surface area contributed by atoms with Crippen LogP contribution in [0.15, 0.2) is 11.1 Å². The van der Waals surface area contributed by atoms with Gasteiger partial charge in [0.25, 0.3) is 0 Å². The molecule has 0 aromatic heterocycles. The maximum Gasteiger partial charge on any atom is 0.331 e. The molecule has 11 heavy (non-hydrogen) atoms. The summed E-state index contributed by atoms with van der Waals surface area (Å²) in [5.74, 6) is -2.39. The van der Waals surface area contributed by atoms with Crippen molar-refractivity contribution in [3.63, 3.8) is 0 Å². The van der Waals surface area contributed by atoms with E-state index in [0.717, 1.165) is 0 Å². The number of carboxylic acid groups (broad SMARTS) is 2. The Bertz CT molecular complexity index is 185. The second-order valence-corrected chi connectivity index (χ2v) is 1.86. The molecule has 0 fully saturated rings. The predicted molar refractivity (Wildman–Crippen MR) is 33.6 cm³/mol. The second kappa shape index (κ2) is 5.44. The van der Waals surface area contributed by atoms with Crippen LogP contribution >= 0.6 is 0 Å². The Hall–Kier alpha value is -0.216. The van der Waals surface area contributed by atoms with Gasteiger partial charge >= 0.3 is 11.9 Å². The van der Waals surface area contributed by atoms with E-state index in [-0.39, 0.29) is 43.9 Å². The van der Waals surface area contributed by atoms with E-state index in [1.807, 2.05) is 0 Å². The number of carbonyl (C=O) groups is 2. The van der Waals surface area contributed by atoms with Gasteiger partial charge in [0, 0.05) is 43.9 Å². The molecular formula is C6H8O4Y. The zero-order valence-corrected chi connectivity index (χ0v) is 9.13. The van der Waals surface area contributed by atoms with E-state index >= 15 is 0 Å². The Morgan fingerprint density at radius 1 is 0.909 bits per heavy atom. The minimum Gasteiger partial charge on any atom is -0.478 e. The van der Waals surface area contributed by atoms with E-state index in [2.05, 4.69) is 0 Å². The van der Waals surface area contributed by atoms with E-state index < -0.39 is 11.9 Å². The molecule has 4 nitrogen and oxygen atoms in total. The number of rotatable bonds is 2. The average molecular weight is 233 g/mol. The van der Waals surface area contributed by atoms with Crippen molar-refractivity contribution >= 4 is 11.9 Å². The fourth-order valence-corrected chi connectivity index (χ4v) is 0.321. The third-order valence-electron chi connectivity index (χ3n) is 1.20. The molecule has 0 aromatic carbocycles. The summed E-state index contributed by atoms with van der Waals surface area (Å²) in [5.41, 5.74) is -0.264. The van der Waals surface area contributed by atoms with Crippen LogP contribution in [0.3, 0.4) is 0 Å². The van der Waals surface area contributed by atoms with Crippen molar-refractivity contribution in [2.45, 2.75) is 13.8 Å². The van der Waals surface area contributed by atoms with Gasteiger partial charge in [-0.3, -0.25) is 0 Å². The first-order valence-electron chi connectivity index (χ1n) is 2.61.